The van der Waals surface area contributed by atoms with Crippen LogP contribution in [0.3, 0.4) is 0 Å². The van der Waals surface area contributed by atoms with Crippen molar-refractivity contribution in [2.24, 2.45) is 0 Å². The van der Waals surface area contributed by atoms with Gasteiger partial charge in [-0.2, -0.15) is 0 Å². The number of allylic oxidation sites excluding steroid dienone is 22. The van der Waals surface area contributed by atoms with Crippen LogP contribution in [-0.2, 0) is 28.6 Å². The van der Waals surface area contributed by atoms with Crippen LogP contribution in [0.1, 0.15) is 303 Å². The molecule has 460 valence electrons. The third-order valence-electron chi connectivity index (χ3n) is 14.1. The van der Waals surface area contributed by atoms with Crippen molar-refractivity contribution >= 4 is 17.9 Å². The number of carbonyl (C=O) groups is 3. The SMILES string of the molecule is CC/C=C\C/C=C\C/C=C\C/C=C\C/C=C\CCCCCC(=O)OC(COC(=O)CCCCCCCC/C=C\C/C=C\C/C=C\C/C=C\CC)COC(=O)CCCCCCCCCCCCCCC/C=C\C/C=C\CCCCCCC. The standard InChI is InChI=1S/C75H124O6/c1-4-7-10-13-16-19-22-25-28-31-34-35-36-37-38-39-42-44-47-50-53-56-59-62-65-68-74(77)80-71-72(81-75(78)69-66-63-60-57-54-51-48-45-41-33-30-27-24-21-18-15-12-9-6-3)70-79-73(76)67-64-61-58-55-52-49-46-43-40-32-29-26-23-20-17-14-11-8-5-2/h8-9,11-12,17-18,20-22,25-27,29-31,34,40-41,43,45,51,54,72H,4-7,10,13-16,19,23-24,28,32-33,35-39,42,44,46-50,52-53,55-71H2,1-3H3/b11-8-,12-9-,20-17-,21-18-,25-22-,29-26-,30-27-,34-31-,43-40-,45-41-,54-51-. The molecule has 81 heavy (non-hydrogen) atoms. The van der Waals surface area contributed by atoms with Crippen LogP contribution in [0.15, 0.2) is 134 Å². The van der Waals surface area contributed by atoms with Gasteiger partial charge in [0, 0.05) is 19.3 Å². The summed E-state index contributed by atoms with van der Waals surface area (Å²) in [5, 5.41) is 0. The van der Waals surface area contributed by atoms with Gasteiger partial charge in [-0.25, -0.2) is 0 Å². The van der Waals surface area contributed by atoms with Gasteiger partial charge in [0.05, 0.1) is 0 Å². The maximum atomic E-state index is 12.9. The lowest BCUT2D eigenvalue weighted by atomic mass is 10.0. The number of carbonyl (C=O) groups excluding carboxylic acids is 3. The summed E-state index contributed by atoms with van der Waals surface area (Å²) in [7, 11) is 0. The minimum absolute atomic E-state index is 0.0996. The summed E-state index contributed by atoms with van der Waals surface area (Å²) in [6.07, 6.45) is 96.0. The van der Waals surface area contributed by atoms with Gasteiger partial charge in [-0.3, -0.25) is 14.4 Å². The van der Waals surface area contributed by atoms with E-state index in [2.05, 4.69) is 154 Å². The van der Waals surface area contributed by atoms with E-state index in [1.807, 2.05) is 0 Å². The molecule has 0 heterocycles. The van der Waals surface area contributed by atoms with E-state index in [0.717, 1.165) is 141 Å². The lowest BCUT2D eigenvalue weighted by Gasteiger charge is -2.18. The van der Waals surface area contributed by atoms with Gasteiger partial charge in [-0.15, -0.1) is 0 Å². The van der Waals surface area contributed by atoms with Gasteiger partial charge in [0.2, 0.25) is 0 Å². The Morgan fingerprint density at radius 3 is 0.765 bits per heavy atom. The van der Waals surface area contributed by atoms with E-state index in [1.165, 1.54) is 122 Å². The minimum atomic E-state index is -0.809. The fourth-order valence-electron chi connectivity index (χ4n) is 9.14. The maximum absolute atomic E-state index is 12.9. The molecule has 0 bridgehead atoms. The van der Waals surface area contributed by atoms with Crippen LogP contribution < -0.4 is 0 Å². The molecule has 1 unspecified atom stereocenters. The number of rotatable bonds is 60. The van der Waals surface area contributed by atoms with Gasteiger partial charge in [0.25, 0.3) is 0 Å². The molecule has 0 aromatic heterocycles. The molecule has 0 aromatic rings. The zero-order chi connectivity index (χ0) is 58.5. The number of unbranched alkanes of at least 4 members (excludes halogenated alkanes) is 27. The Kier molecular flexibility index (Phi) is 64.3. The molecule has 0 rings (SSSR count). The van der Waals surface area contributed by atoms with E-state index >= 15 is 0 Å². The van der Waals surface area contributed by atoms with E-state index in [-0.39, 0.29) is 37.5 Å². The van der Waals surface area contributed by atoms with Crippen LogP contribution in [-0.4, -0.2) is 37.2 Å². The Morgan fingerprint density at radius 2 is 0.481 bits per heavy atom. The topological polar surface area (TPSA) is 78.9 Å². The quantitative estimate of drug-likeness (QED) is 0.0261. The third-order valence-corrected chi connectivity index (χ3v) is 14.1. The van der Waals surface area contributed by atoms with Gasteiger partial charge in [-0.1, -0.05) is 283 Å². The molecule has 0 N–H and O–H groups in total. The Balaban J connectivity index is 4.44. The Morgan fingerprint density at radius 1 is 0.259 bits per heavy atom. The number of hydrogen-bond donors (Lipinski definition) is 0. The molecule has 1 atom stereocenters. The molecule has 0 saturated heterocycles. The van der Waals surface area contributed by atoms with Crippen LogP contribution >= 0.6 is 0 Å². The smallest absolute Gasteiger partial charge is 0.306 e. The Hall–Kier alpha value is -4.45. The first kappa shape index (κ1) is 76.5. The predicted molar refractivity (Wildman–Crippen MR) is 353 cm³/mol. The fraction of sp³-hybridized carbons (Fsp3) is 0.667. The largest absolute Gasteiger partial charge is 0.462 e. The summed E-state index contributed by atoms with van der Waals surface area (Å²) in [5.41, 5.74) is 0. The molecular formula is C75H124O6. The van der Waals surface area contributed by atoms with Crippen LogP contribution in [0.5, 0.6) is 0 Å². The maximum Gasteiger partial charge on any atom is 0.306 e. The molecule has 0 fully saturated rings. The second-order valence-electron chi connectivity index (χ2n) is 22.0. The lowest BCUT2D eigenvalue weighted by molar-refractivity contribution is -0.167. The van der Waals surface area contributed by atoms with Crippen molar-refractivity contribution < 1.29 is 28.6 Å². The normalized spacial score (nSPS) is 13.0. The molecule has 6 heteroatoms. The van der Waals surface area contributed by atoms with Gasteiger partial charge in [0.1, 0.15) is 13.2 Å². The van der Waals surface area contributed by atoms with Gasteiger partial charge >= 0.3 is 17.9 Å². The van der Waals surface area contributed by atoms with Crippen molar-refractivity contribution in [2.45, 2.75) is 309 Å². The number of ether oxygens (including phenoxy) is 3. The fourth-order valence-corrected chi connectivity index (χ4v) is 9.14. The van der Waals surface area contributed by atoms with Crippen molar-refractivity contribution in [1.82, 2.24) is 0 Å². The van der Waals surface area contributed by atoms with Crippen LogP contribution in [0, 0.1) is 0 Å². The summed E-state index contributed by atoms with van der Waals surface area (Å²) in [6, 6.07) is 0. The molecule has 0 aliphatic carbocycles. The zero-order valence-electron chi connectivity index (χ0n) is 52.8. The average Bonchev–Trinajstić information content (AvgIpc) is 3.47. The first-order valence-electron chi connectivity index (χ1n) is 33.7. The minimum Gasteiger partial charge on any atom is -0.462 e. The molecule has 6 nitrogen and oxygen atoms in total. The highest BCUT2D eigenvalue weighted by Crippen LogP contribution is 2.16. The van der Waals surface area contributed by atoms with E-state index in [1.54, 1.807) is 0 Å². The van der Waals surface area contributed by atoms with E-state index < -0.39 is 6.10 Å². The zero-order valence-corrected chi connectivity index (χ0v) is 52.8. The van der Waals surface area contributed by atoms with Crippen molar-refractivity contribution in [3.63, 3.8) is 0 Å². The highest BCUT2D eigenvalue weighted by atomic mass is 16.6. The van der Waals surface area contributed by atoms with Gasteiger partial charge in [0.15, 0.2) is 6.10 Å². The second-order valence-corrected chi connectivity index (χ2v) is 22.0. The monoisotopic (exact) mass is 1120 g/mol. The summed E-state index contributed by atoms with van der Waals surface area (Å²) in [4.78, 5) is 38.4. The van der Waals surface area contributed by atoms with Crippen molar-refractivity contribution in [1.29, 1.82) is 0 Å². The highest BCUT2D eigenvalue weighted by Gasteiger charge is 2.19. The van der Waals surface area contributed by atoms with Crippen molar-refractivity contribution in [3.05, 3.63) is 134 Å². The molecule has 0 amide bonds. The molecule has 0 aliphatic rings. The predicted octanol–water partition coefficient (Wildman–Crippen LogP) is 23.3. The van der Waals surface area contributed by atoms with Gasteiger partial charge in [-0.05, 0) is 135 Å². The Bertz CT molecular complexity index is 1720. The molecule has 0 aliphatic heterocycles. The van der Waals surface area contributed by atoms with E-state index in [9.17, 15) is 14.4 Å². The highest BCUT2D eigenvalue weighted by molar-refractivity contribution is 5.71. The van der Waals surface area contributed by atoms with E-state index in [4.69, 9.17) is 14.2 Å². The second kappa shape index (κ2) is 68.1. The summed E-state index contributed by atoms with van der Waals surface area (Å²) in [6.45, 7) is 6.38. The third kappa shape index (κ3) is 66.2. The molecule has 0 aromatic carbocycles. The summed E-state index contributed by atoms with van der Waals surface area (Å²) < 4.78 is 16.9. The summed E-state index contributed by atoms with van der Waals surface area (Å²) in [5.74, 6) is -0.942. The first-order valence-corrected chi connectivity index (χ1v) is 33.7. The Labute approximate surface area is 500 Å². The molecule has 0 radical (unpaired) electrons. The van der Waals surface area contributed by atoms with E-state index in [0.29, 0.717) is 12.8 Å². The molecular weight excluding hydrogens is 997 g/mol. The average molecular weight is 1120 g/mol. The number of esters is 3. The van der Waals surface area contributed by atoms with Crippen molar-refractivity contribution in [2.75, 3.05) is 13.2 Å². The van der Waals surface area contributed by atoms with Crippen molar-refractivity contribution in [3.8, 4) is 0 Å². The lowest BCUT2D eigenvalue weighted by Crippen LogP contribution is -2.30. The van der Waals surface area contributed by atoms with Crippen LogP contribution in [0.4, 0.5) is 0 Å². The van der Waals surface area contributed by atoms with Crippen LogP contribution in [0.25, 0.3) is 0 Å². The van der Waals surface area contributed by atoms with Gasteiger partial charge < -0.3 is 14.2 Å². The number of hydrogen-bond acceptors (Lipinski definition) is 6. The van der Waals surface area contributed by atoms with Crippen LogP contribution in [0.2, 0.25) is 0 Å². The first-order chi connectivity index (χ1) is 40.0. The summed E-state index contributed by atoms with van der Waals surface area (Å²) >= 11 is 0. The molecule has 0 spiro atoms. The molecule has 0 saturated carbocycles.